The van der Waals surface area contributed by atoms with Gasteiger partial charge < -0.3 is 14.8 Å². The van der Waals surface area contributed by atoms with Crippen LogP contribution in [0.3, 0.4) is 0 Å². The van der Waals surface area contributed by atoms with Crippen LogP contribution in [-0.4, -0.2) is 40.3 Å². The van der Waals surface area contributed by atoms with Crippen LogP contribution in [-0.2, 0) is 16.0 Å². The van der Waals surface area contributed by atoms with Gasteiger partial charge in [0.1, 0.15) is 23.9 Å². The van der Waals surface area contributed by atoms with Gasteiger partial charge in [-0.25, -0.2) is 9.48 Å². The lowest BCUT2D eigenvalue weighted by Crippen LogP contribution is -2.21. The van der Waals surface area contributed by atoms with Crippen molar-refractivity contribution in [2.24, 2.45) is 0 Å². The third-order valence-corrected chi connectivity index (χ3v) is 6.85. The number of hydrogen-bond acceptors (Lipinski definition) is 6. The first-order valence-corrected chi connectivity index (χ1v) is 14.0. The van der Waals surface area contributed by atoms with E-state index in [4.69, 9.17) is 14.6 Å². The van der Waals surface area contributed by atoms with Crippen molar-refractivity contribution in [1.82, 2.24) is 14.8 Å². The van der Waals surface area contributed by atoms with Gasteiger partial charge in [0.15, 0.2) is 5.78 Å². The van der Waals surface area contributed by atoms with Gasteiger partial charge in [0.2, 0.25) is 0 Å². The average molecular weight is 584 g/mol. The molecule has 9 nitrogen and oxygen atoms in total. The first kappa shape index (κ1) is 28.3. The van der Waals surface area contributed by atoms with E-state index in [-0.39, 0.29) is 18.8 Å². The van der Waals surface area contributed by atoms with Gasteiger partial charge in [-0.3, -0.25) is 15.1 Å². The number of anilines is 2. The number of urea groups is 1. The number of nitrogens with zero attached hydrogens (tertiary/aromatic N) is 3. The highest BCUT2D eigenvalue weighted by Gasteiger charge is 2.16. The number of fused-ring (bicyclic) bond motifs is 1. The van der Waals surface area contributed by atoms with Gasteiger partial charge in [0.25, 0.3) is 0 Å². The molecule has 9 heteroatoms. The number of Topliss-reactive ketones (excluding diaryl/α,β-unsaturated/α-hetero) is 1. The van der Waals surface area contributed by atoms with E-state index in [0.717, 1.165) is 27.7 Å². The second kappa shape index (κ2) is 13.0. The van der Waals surface area contributed by atoms with Crippen molar-refractivity contribution >= 4 is 34.1 Å². The van der Waals surface area contributed by atoms with E-state index in [1.165, 1.54) is 7.11 Å². The second-order valence-electron chi connectivity index (χ2n) is 10.00. The second-order valence-corrected chi connectivity index (χ2v) is 10.00. The van der Waals surface area contributed by atoms with E-state index >= 15 is 0 Å². The highest BCUT2D eigenvalue weighted by atomic mass is 16.5. The lowest BCUT2D eigenvalue weighted by molar-refractivity contribution is -0.122. The van der Waals surface area contributed by atoms with Crippen molar-refractivity contribution in [3.8, 4) is 28.4 Å². The average Bonchev–Trinajstić information content (AvgIpc) is 3.47. The summed E-state index contributed by atoms with van der Waals surface area (Å²) in [5.74, 6) is 1.60. The topological polar surface area (TPSA) is 107 Å². The predicted octanol–water partition coefficient (Wildman–Crippen LogP) is 7.28. The van der Waals surface area contributed by atoms with Crippen molar-refractivity contribution in [3.63, 3.8) is 0 Å². The molecule has 6 aromatic rings. The van der Waals surface area contributed by atoms with Crippen molar-refractivity contribution in [3.05, 3.63) is 127 Å². The summed E-state index contributed by atoms with van der Waals surface area (Å²) in [6, 6.07) is 35.6. The molecule has 0 radical (unpaired) electrons. The monoisotopic (exact) mass is 583 g/mol. The number of amides is 2. The molecule has 218 valence electrons. The first-order valence-electron chi connectivity index (χ1n) is 14.0. The van der Waals surface area contributed by atoms with Gasteiger partial charge >= 0.3 is 6.03 Å². The Morgan fingerprint density at radius 2 is 1.52 bits per heavy atom. The zero-order valence-electron chi connectivity index (χ0n) is 23.9. The summed E-state index contributed by atoms with van der Waals surface area (Å²) < 4.78 is 12.8. The third kappa shape index (κ3) is 6.48. The van der Waals surface area contributed by atoms with Crippen LogP contribution < -0.4 is 15.4 Å². The van der Waals surface area contributed by atoms with Crippen LogP contribution in [0.2, 0.25) is 0 Å². The molecule has 2 amide bonds. The normalized spacial score (nSPS) is 10.8. The molecule has 0 aliphatic heterocycles. The molecule has 44 heavy (non-hydrogen) atoms. The predicted molar refractivity (Wildman–Crippen MR) is 170 cm³/mol. The largest absolute Gasteiger partial charge is 0.457 e. The Labute approximate surface area is 254 Å². The number of rotatable bonds is 10. The summed E-state index contributed by atoms with van der Waals surface area (Å²) in [7, 11) is 1.49. The number of ketones is 1. The molecular weight excluding hydrogens is 554 g/mol. The first-order chi connectivity index (χ1) is 21.6. The summed E-state index contributed by atoms with van der Waals surface area (Å²) in [5, 5.41) is 12.3. The number of aromatic nitrogens is 3. The zero-order chi connectivity index (χ0) is 30.3. The molecule has 2 aromatic heterocycles. The Hall–Kier alpha value is -5.80. The summed E-state index contributed by atoms with van der Waals surface area (Å²) in [5.41, 5.74) is 3.70. The van der Waals surface area contributed by atoms with Crippen LogP contribution in [0.4, 0.5) is 16.3 Å². The van der Waals surface area contributed by atoms with Crippen LogP contribution in [0, 0.1) is 0 Å². The number of carbonyl (C=O) groups is 2. The van der Waals surface area contributed by atoms with Crippen LogP contribution in [0.1, 0.15) is 5.69 Å². The minimum absolute atomic E-state index is 0.0300. The molecule has 0 aliphatic carbocycles. The van der Waals surface area contributed by atoms with E-state index in [0.29, 0.717) is 28.7 Å². The zero-order valence-corrected chi connectivity index (χ0v) is 23.9. The van der Waals surface area contributed by atoms with Crippen molar-refractivity contribution in [1.29, 1.82) is 0 Å². The fourth-order valence-corrected chi connectivity index (χ4v) is 4.88. The van der Waals surface area contributed by atoms with Crippen molar-refractivity contribution in [2.45, 2.75) is 6.42 Å². The number of carbonyl (C=O) groups excluding carboxylic acids is 2. The quantitative estimate of drug-likeness (QED) is 0.175. The van der Waals surface area contributed by atoms with Crippen molar-refractivity contribution in [2.75, 3.05) is 24.4 Å². The van der Waals surface area contributed by atoms with E-state index < -0.39 is 6.03 Å². The van der Waals surface area contributed by atoms with E-state index in [9.17, 15) is 9.59 Å². The minimum Gasteiger partial charge on any atom is -0.457 e. The van der Waals surface area contributed by atoms with Gasteiger partial charge in [-0.2, -0.15) is 5.10 Å². The Balaban J connectivity index is 1.24. The highest BCUT2D eigenvalue weighted by molar-refractivity contribution is 6.07. The molecule has 0 fully saturated rings. The Bertz CT molecular complexity index is 1920. The van der Waals surface area contributed by atoms with Gasteiger partial charge in [0, 0.05) is 41.8 Å². The molecule has 0 bridgehead atoms. The molecule has 0 saturated carbocycles. The number of pyridine rings is 1. The van der Waals surface area contributed by atoms with Gasteiger partial charge in [-0.05, 0) is 30.3 Å². The molecule has 0 unspecified atom stereocenters. The number of nitrogens with one attached hydrogen (secondary N) is 2. The summed E-state index contributed by atoms with van der Waals surface area (Å²) >= 11 is 0. The SMILES string of the molecule is COCC(=O)Cc1cc(Oc2ccc(NC(=O)Nc3cc(-c4ccccc4)nn3-c3ccccc3)c3ccccc23)ccn1. The fraction of sp³-hybridized carbons (Fsp3) is 0.0857. The molecule has 0 spiro atoms. The van der Waals surface area contributed by atoms with Crippen molar-refractivity contribution < 1.29 is 19.1 Å². The molecule has 0 atom stereocenters. The van der Waals surface area contributed by atoms with E-state index in [2.05, 4.69) is 15.6 Å². The van der Waals surface area contributed by atoms with Gasteiger partial charge in [-0.1, -0.05) is 72.8 Å². The number of para-hydroxylation sites is 1. The maximum Gasteiger partial charge on any atom is 0.324 e. The Morgan fingerprint density at radius 1 is 0.795 bits per heavy atom. The van der Waals surface area contributed by atoms with Gasteiger partial charge in [-0.15, -0.1) is 0 Å². The highest BCUT2D eigenvalue weighted by Crippen LogP contribution is 2.35. The summed E-state index contributed by atoms with van der Waals surface area (Å²) in [4.78, 5) is 29.6. The van der Waals surface area contributed by atoms with E-state index in [1.54, 1.807) is 35.1 Å². The summed E-state index contributed by atoms with van der Waals surface area (Å²) in [6.45, 7) is 0.0300. The standard InChI is InChI=1S/C35H29N5O4/c1-43-23-27(41)20-25-21-28(18-19-36-25)44-33-17-16-31(29-14-8-9-15-30(29)33)37-35(42)38-34-22-32(24-10-4-2-5-11-24)39-40(34)26-12-6-3-7-13-26/h2-19,21-22H,20,23H2,1H3,(H2,37,38,42). The molecular formula is C35H29N5O4. The lowest BCUT2D eigenvalue weighted by atomic mass is 10.1. The van der Waals surface area contributed by atoms with E-state index in [1.807, 2.05) is 91.0 Å². The molecule has 2 heterocycles. The number of hydrogen-bond donors (Lipinski definition) is 2. The molecule has 4 aromatic carbocycles. The van der Waals surface area contributed by atoms with Crippen LogP contribution in [0.5, 0.6) is 11.5 Å². The number of ether oxygens (including phenoxy) is 2. The third-order valence-electron chi connectivity index (χ3n) is 6.85. The number of benzene rings is 4. The maximum atomic E-state index is 13.4. The molecule has 0 aliphatic rings. The molecule has 0 saturated heterocycles. The number of methoxy groups -OCH3 is 1. The van der Waals surface area contributed by atoms with Gasteiger partial charge in [0.05, 0.1) is 29.2 Å². The minimum atomic E-state index is -0.417. The Kier molecular flexibility index (Phi) is 8.38. The van der Waals surface area contributed by atoms with Crippen LogP contribution in [0.25, 0.3) is 27.7 Å². The lowest BCUT2D eigenvalue weighted by Gasteiger charge is -2.14. The summed E-state index contributed by atoms with van der Waals surface area (Å²) in [6.07, 6.45) is 1.76. The maximum absolute atomic E-state index is 13.4. The van der Waals surface area contributed by atoms with Crippen LogP contribution in [0.15, 0.2) is 121 Å². The smallest absolute Gasteiger partial charge is 0.324 e. The fourth-order valence-electron chi connectivity index (χ4n) is 4.88. The Morgan fingerprint density at radius 3 is 2.30 bits per heavy atom. The van der Waals surface area contributed by atoms with Crippen LogP contribution >= 0.6 is 0 Å². The molecule has 6 rings (SSSR count). The molecule has 2 N–H and O–H groups in total.